The highest BCUT2D eigenvalue weighted by Crippen LogP contribution is 2.26. The highest BCUT2D eigenvalue weighted by molar-refractivity contribution is 8.00. The molecule has 0 aliphatic rings. The van der Waals surface area contributed by atoms with Crippen LogP contribution in [0.25, 0.3) is 5.69 Å². The maximum Gasteiger partial charge on any atom is 0.237 e. The van der Waals surface area contributed by atoms with Crippen molar-refractivity contribution in [2.45, 2.75) is 45.0 Å². The Morgan fingerprint density at radius 1 is 1.22 bits per heavy atom. The second kappa shape index (κ2) is 7.51. The molecule has 142 valence electrons. The van der Waals surface area contributed by atoms with E-state index in [1.807, 2.05) is 59.9 Å². The zero-order valence-electron chi connectivity index (χ0n) is 16.3. The van der Waals surface area contributed by atoms with Crippen LogP contribution in [0.15, 0.2) is 23.4 Å². The summed E-state index contributed by atoms with van der Waals surface area (Å²) in [6, 6.07) is 6.11. The number of anilines is 1. The van der Waals surface area contributed by atoms with E-state index in [9.17, 15) is 4.79 Å². The van der Waals surface area contributed by atoms with Gasteiger partial charge in [0.1, 0.15) is 0 Å². The number of carbonyl (C=O) groups excluding carboxylic acids is 1. The number of thioether (sulfide) groups is 1. The molecule has 0 saturated heterocycles. The van der Waals surface area contributed by atoms with Crippen molar-refractivity contribution in [2.24, 2.45) is 7.05 Å². The Kier molecular flexibility index (Phi) is 5.31. The second-order valence-electron chi connectivity index (χ2n) is 6.58. The van der Waals surface area contributed by atoms with Gasteiger partial charge in [0, 0.05) is 7.05 Å². The van der Waals surface area contributed by atoms with E-state index in [1.54, 1.807) is 9.36 Å². The molecule has 0 saturated carbocycles. The molecule has 0 fully saturated rings. The van der Waals surface area contributed by atoms with Gasteiger partial charge in [-0.25, -0.2) is 0 Å². The van der Waals surface area contributed by atoms with Crippen molar-refractivity contribution < 1.29 is 4.79 Å². The lowest BCUT2D eigenvalue weighted by atomic mass is 10.1. The van der Waals surface area contributed by atoms with Gasteiger partial charge >= 0.3 is 0 Å². The first kappa shape index (κ1) is 19.1. The van der Waals surface area contributed by atoms with Crippen LogP contribution in [0.1, 0.15) is 29.4 Å². The van der Waals surface area contributed by atoms with Gasteiger partial charge in [-0.1, -0.05) is 23.9 Å². The number of aromatic nitrogens is 6. The molecule has 3 rings (SSSR count). The first-order valence-corrected chi connectivity index (χ1v) is 9.49. The standard InChI is InChI=1S/C18H23N7OS/c1-10-7-8-11(2)15(9-10)25-18(20-22-23-25)27-14(5)17(26)19-16-12(3)21-24(6)13(16)4/h7-9,14H,1-6H3,(H,19,26)/t14-/m0/s1. The minimum Gasteiger partial charge on any atom is -0.322 e. The Hall–Kier alpha value is -2.68. The minimum absolute atomic E-state index is 0.116. The Morgan fingerprint density at radius 3 is 2.63 bits per heavy atom. The van der Waals surface area contributed by atoms with Gasteiger partial charge in [-0.15, -0.1) is 5.10 Å². The van der Waals surface area contributed by atoms with Crippen LogP contribution < -0.4 is 5.32 Å². The first-order chi connectivity index (χ1) is 12.8. The van der Waals surface area contributed by atoms with Gasteiger partial charge in [0.2, 0.25) is 11.1 Å². The fourth-order valence-electron chi connectivity index (χ4n) is 2.74. The molecule has 1 amide bonds. The average Bonchev–Trinajstić information content (AvgIpc) is 3.16. The molecule has 2 aromatic heterocycles. The lowest BCUT2D eigenvalue weighted by Crippen LogP contribution is -2.23. The highest BCUT2D eigenvalue weighted by Gasteiger charge is 2.22. The number of benzene rings is 1. The van der Waals surface area contributed by atoms with Gasteiger partial charge in [-0.3, -0.25) is 9.48 Å². The van der Waals surface area contributed by atoms with Gasteiger partial charge in [-0.05, 0) is 62.2 Å². The monoisotopic (exact) mass is 385 g/mol. The van der Waals surface area contributed by atoms with E-state index in [-0.39, 0.29) is 11.2 Å². The predicted octanol–water partition coefficient (Wildman–Crippen LogP) is 2.75. The Bertz CT molecular complexity index is 992. The second-order valence-corrected chi connectivity index (χ2v) is 7.89. The number of carbonyl (C=O) groups is 1. The van der Waals surface area contributed by atoms with E-state index in [4.69, 9.17) is 0 Å². The molecule has 1 aromatic carbocycles. The third-order valence-electron chi connectivity index (χ3n) is 4.44. The number of nitrogens with one attached hydrogen (secondary N) is 1. The molecular formula is C18H23N7OS. The first-order valence-electron chi connectivity index (χ1n) is 8.61. The van der Waals surface area contributed by atoms with Gasteiger partial charge in [-0.2, -0.15) is 9.78 Å². The molecule has 27 heavy (non-hydrogen) atoms. The normalized spacial score (nSPS) is 12.2. The molecule has 1 N–H and O–H groups in total. The van der Waals surface area contributed by atoms with Gasteiger partial charge in [0.05, 0.1) is 28.0 Å². The molecule has 0 aliphatic heterocycles. The van der Waals surface area contributed by atoms with Crippen LogP contribution in [0.2, 0.25) is 0 Å². The van der Waals surface area contributed by atoms with E-state index < -0.39 is 0 Å². The van der Waals surface area contributed by atoms with Crippen molar-refractivity contribution in [1.29, 1.82) is 0 Å². The van der Waals surface area contributed by atoms with Gasteiger partial charge < -0.3 is 5.32 Å². The molecule has 0 radical (unpaired) electrons. The van der Waals surface area contributed by atoms with Crippen LogP contribution >= 0.6 is 11.8 Å². The van der Waals surface area contributed by atoms with E-state index >= 15 is 0 Å². The molecule has 0 aliphatic carbocycles. The minimum atomic E-state index is -0.376. The van der Waals surface area contributed by atoms with E-state index in [0.717, 1.165) is 33.9 Å². The highest BCUT2D eigenvalue weighted by atomic mass is 32.2. The lowest BCUT2D eigenvalue weighted by molar-refractivity contribution is -0.115. The number of hydrogen-bond acceptors (Lipinski definition) is 6. The van der Waals surface area contributed by atoms with Crippen LogP contribution in [0, 0.1) is 27.7 Å². The maximum atomic E-state index is 12.7. The van der Waals surface area contributed by atoms with Crippen molar-refractivity contribution >= 4 is 23.4 Å². The number of tetrazole rings is 1. The Balaban J connectivity index is 1.79. The lowest BCUT2D eigenvalue weighted by Gasteiger charge is -2.13. The average molecular weight is 385 g/mol. The fraction of sp³-hybridized carbons (Fsp3) is 0.389. The van der Waals surface area contributed by atoms with E-state index in [2.05, 4.69) is 25.9 Å². The van der Waals surface area contributed by atoms with Crippen LogP contribution in [0.5, 0.6) is 0 Å². The van der Waals surface area contributed by atoms with Crippen molar-refractivity contribution in [3.63, 3.8) is 0 Å². The molecule has 0 spiro atoms. The van der Waals surface area contributed by atoms with Crippen LogP contribution in [0.3, 0.4) is 0 Å². The molecule has 2 heterocycles. The number of rotatable bonds is 5. The summed E-state index contributed by atoms with van der Waals surface area (Å²) in [7, 11) is 1.86. The molecule has 0 bridgehead atoms. The summed E-state index contributed by atoms with van der Waals surface area (Å²) in [6.45, 7) is 9.67. The van der Waals surface area contributed by atoms with Crippen molar-refractivity contribution in [3.05, 3.63) is 40.7 Å². The number of aryl methyl sites for hydroxylation is 4. The van der Waals surface area contributed by atoms with Crippen molar-refractivity contribution in [1.82, 2.24) is 30.0 Å². The quantitative estimate of drug-likeness (QED) is 0.679. The van der Waals surface area contributed by atoms with Crippen molar-refractivity contribution in [2.75, 3.05) is 5.32 Å². The molecule has 0 unspecified atom stereocenters. The van der Waals surface area contributed by atoms with Crippen LogP contribution in [-0.4, -0.2) is 41.1 Å². The summed E-state index contributed by atoms with van der Waals surface area (Å²) in [5.41, 5.74) is 5.56. The summed E-state index contributed by atoms with van der Waals surface area (Å²) in [4.78, 5) is 12.7. The van der Waals surface area contributed by atoms with Gasteiger partial charge in [0.15, 0.2) is 0 Å². The van der Waals surface area contributed by atoms with E-state index in [1.165, 1.54) is 11.8 Å². The SMILES string of the molecule is Cc1ccc(C)c(-n2nnnc2S[C@@H](C)C(=O)Nc2c(C)nn(C)c2C)c1. The third-order valence-corrected chi connectivity index (χ3v) is 5.48. The van der Waals surface area contributed by atoms with Crippen LogP contribution in [-0.2, 0) is 11.8 Å². The summed E-state index contributed by atoms with van der Waals surface area (Å²) in [5.74, 6) is -0.116. The zero-order valence-corrected chi connectivity index (χ0v) is 17.1. The smallest absolute Gasteiger partial charge is 0.237 e. The predicted molar refractivity (Wildman–Crippen MR) is 105 cm³/mol. The summed E-state index contributed by atoms with van der Waals surface area (Å²) < 4.78 is 3.43. The number of amides is 1. The third kappa shape index (κ3) is 3.87. The summed E-state index contributed by atoms with van der Waals surface area (Å²) in [5, 5.41) is 19.5. The Labute approximate surface area is 162 Å². The Morgan fingerprint density at radius 2 is 1.96 bits per heavy atom. The molecular weight excluding hydrogens is 362 g/mol. The molecule has 1 atom stereocenters. The van der Waals surface area contributed by atoms with Crippen molar-refractivity contribution in [3.8, 4) is 5.69 Å². The summed E-state index contributed by atoms with van der Waals surface area (Å²) >= 11 is 1.32. The van der Waals surface area contributed by atoms with E-state index in [0.29, 0.717) is 5.16 Å². The molecule has 9 heteroatoms. The van der Waals surface area contributed by atoms with Crippen LogP contribution in [0.4, 0.5) is 5.69 Å². The molecule has 8 nitrogen and oxygen atoms in total. The zero-order chi connectivity index (χ0) is 19.7. The fourth-order valence-corrected chi connectivity index (χ4v) is 3.54. The largest absolute Gasteiger partial charge is 0.322 e. The number of hydrogen-bond donors (Lipinski definition) is 1. The topological polar surface area (TPSA) is 90.5 Å². The molecule has 3 aromatic rings. The van der Waals surface area contributed by atoms with Gasteiger partial charge in [0.25, 0.3) is 0 Å². The maximum absolute atomic E-state index is 12.7. The number of nitrogens with zero attached hydrogens (tertiary/aromatic N) is 6. The summed E-state index contributed by atoms with van der Waals surface area (Å²) in [6.07, 6.45) is 0.